The molecule has 2 nitrogen and oxygen atoms in total. The molecule has 1 unspecified atom stereocenters. The summed E-state index contributed by atoms with van der Waals surface area (Å²) in [7, 11) is 0. The van der Waals surface area contributed by atoms with Gasteiger partial charge in [0.05, 0.1) is 6.04 Å². The van der Waals surface area contributed by atoms with Gasteiger partial charge in [-0.3, -0.25) is 9.80 Å². The first kappa shape index (κ1) is 24.7. The first-order chi connectivity index (χ1) is 13.7. The highest BCUT2D eigenvalue weighted by molar-refractivity contribution is 6.30. The molecule has 4 rings (SSSR count). The van der Waals surface area contributed by atoms with Crippen LogP contribution in [0.1, 0.15) is 28.3 Å². The highest BCUT2D eigenvalue weighted by Crippen LogP contribution is 2.30. The van der Waals surface area contributed by atoms with Gasteiger partial charge in [0, 0.05) is 37.7 Å². The largest absolute Gasteiger partial charge is 0.297 e. The van der Waals surface area contributed by atoms with Crippen LogP contribution in [-0.4, -0.2) is 36.0 Å². The van der Waals surface area contributed by atoms with E-state index in [-0.39, 0.29) is 30.9 Å². The Bertz CT molecular complexity index is 892. The Kier molecular flexibility index (Phi) is 9.67. The van der Waals surface area contributed by atoms with Crippen molar-refractivity contribution < 1.29 is 0 Å². The topological polar surface area (TPSA) is 6.48 Å². The quantitative estimate of drug-likeness (QED) is 0.432. The zero-order valence-corrected chi connectivity index (χ0v) is 19.6. The molecule has 1 heterocycles. The van der Waals surface area contributed by atoms with Crippen LogP contribution in [0.25, 0.3) is 0 Å². The normalized spacial score (nSPS) is 15.7. The van der Waals surface area contributed by atoms with E-state index >= 15 is 0 Å². The maximum Gasteiger partial charge on any atom is 0.0602 e. The Hall–Kier alpha value is -1.55. The minimum Gasteiger partial charge on any atom is -0.297 e. The molecule has 0 aromatic heterocycles. The third kappa shape index (κ3) is 6.00. The van der Waals surface area contributed by atoms with Gasteiger partial charge in [0.15, 0.2) is 0 Å². The number of hydrogen-bond donors (Lipinski definition) is 0. The fourth-order valence-corrected chi connectivity index (χ4v) is 4.23. The van der Waals surface area contributed by atoms with E-state index in [0.29, 0.717) is 0 Å². The van der Waals surface area contributed by atoms with Gasteiger partial charge in [0.1, 0.15) is 0 Å². The molecule has 30 heavy (non-hydrogen) atoms. The zero-order chi connectivity index (χ0) is 19.3. The fraction of sp³-hybridized carbons (Fsp3) is 0.280. The van der Waals surface area contributed by atoms with Crippen LogP contribution < -0.4 is 0 Å². The van der Waals surface area contributed by atoms with E-state index in [1.807, 2.05) is 12.1 Å². The van der Waals surface area contributed by atoms with Crippen LogP contribution in [0.5, 0.6) is 0 Å². The molecule has 3 aromatic rings. The predicted octanol–water partition coefficient (Wildman–Crippen LogP) is 6.40. The van der Waals surface area contributed by atoms with Gasteiger partial charge in [-0.25, -0.2) is 0 Å². The highest BCUT2D eigenvalue weighted by atomic mass is 35.5. The summed E-state index contributed by atoms with van der Waals surface area (Å²) in [4.78, 5) is 5.18. The number of benzene rings is 3. The number of piperazine rings is 1. The molecular formula is C25H29Cl3N2. The van der Waals surface area contributed by atoms with E-state index < -0.39 is 0 Å². The molecule has 1 atom stereocenters. The molecule has 0 radical (unpaired) electrons. The van der Waals surface area contributed by atoms with Crippen molar-refractivity contribution in [3.05, 3.63) is 106 Å². The minimum atomic E-state index is 0. The lowest BCUT2D eigenvalue weighted by Gasteiger charge is -2.40. The molecule has 1 aliphatic heterocycles. The van der Waals surface area contributed by atoms with Crippen molar-refractivity contribution in [2.45, 2.75) is 19.5 Å². The smallest absolute Gasteiger partial charge is 0.0602 e. The Labute approximate surface area is 197 Å². The fourth-order valence-electron chi connectivity index (χ4n) is 4.10. The van der Waals surface area contributed by atoms with Crippen molar-refractivity contribution >= 4 is 36.4 Å². The van der Waals surface area contributed by atoms with Crippen LogP contribution in [0, 0.1) is 6.92 Å². The molecule has 0 aliphatic carbocycles. The molecular weight excluding hydrogens is 435 g/mol. The SMILES string of the molecule is Cc1ccccc1CN1CCN(C(c2ccccc2)c2ccc(Cl)cc2)CC1.Cl.Cl. The average Bonchev–Trinajstić information content (AvgIpc) is 2.73. The maximum absolute atomic E-state index is 6.14. The standard InChI is InChI=1S/C25H27ClN2.2ClH/c1-20-7-5-6-10-23(20)19-27-15-17-28(18-16-27)25(21-8-3-2-4-9-21)22-11-13-24(26)14-12-22;;/h2-14,25H,15-19H2,1H3;2*1H. The number of aryl methyl sites for hydroxylation is 1. The third-order valence-electron chi connectivity index (χ3n) is 5.73. The molecule has 0 bridgehead atoms. The first-order valence-electron chi connectivity index (χ1n) is 10.0. The van der Waals surface area contributed by atoms with Crippen molar-refractivity contribution in [1.29, 1.82) is 0 Å². The van der Waals surface area contributed by atoms with Crippen LogP contribution in [0.4, 0.5) is 0 Å². The Balaban J connectivity index is 0.00000160. The maximum atomic E-state index is 6.14. The lowest BCUT2D eigenvalue weighted by molar-refractivity contribution is 0.105. The molecule has 160 valence electrons. The second-order valence-electron chi connectivity index (χ2n) is 7.60. The van der Waals surface area contributed by atoms with Crippen LogP contribution >= 0.6 is 36.4 Å². The number of halogens is 3. The van der Waals surface area contributed by atoms with Crippen LogP contribution in [-0.2, 0) is 6.54 Å². The summed E-state index contributed by atoms with van der Waals surface area (Å²) in [5, 5.41) is 0.790. The van der Waals surface area contributed by atoms with Gasteiger partial charge in [-0.05, 0) is 41.3 Å². The summed E-state index contributed by atoms with van der Waals surface area (Å²) in [5.74, 6) is 0. The molecule has 0 N–H and O–H groups in total. The van der Waals surface area contributed by atoms with E-state index in [2.05, 4.69) is 83.5 Å². The molecule has 0 spiro atoms. The molecule has 0 saturated carbocycles. The second-order valence-corrected chi connectivity index (χ2v) is 8.04. The summed E-state index contributed by atoms with van der Waals surface area (Å²) in [5.41, 5.74) is 5.47. The number of nitrogens with zero attached hydrogens (tertiary/aromatic N) is 2. The average molecular weight is 464 g/mol. The summed E-state index contributed by atoms with van der Waals surface area (Å²) in [6, 6.07) is 28.2. The summed E-state index contributed by atoms with van der Waals surface area (Å²) in [6.07, 6.45) is 0. The molecule has 1 aliphatic rings. The van der Waals surface area contributed by atoms with Crippen molar-refractivity contribution in [2.24, 2.45) is 0 Å². The van der Waals surface area contributed by atoms with Crippen molar-refractivity contribution in [3.8, 4) is 0 Å². The van der Waals surface area contributed by atoms with Crippen molar-refractivity contribution in [3.63, 3.8) is 0 Å². The first-order valence-corrected chi connectivity index (χ1v) is 10.4. The number of rotatable bonds is 5. The monoisotopic (exact) mass is 462 g/mol. The summed E-state index contributed by atoms with van der Waals surface area (Å²) in [6.45, 7) is 7.55. The van der Waals surface area contributed by atoms with Gasteiger partial charge in [0.2, 0.25) is 0 Å². The molecule has 5 heteroatoms. The van der Waals surface area contributed by atoms with Crippen LogP contribution in [0.15, 0.2) is 78.9 Å². The van der Waals surface area contributed by atoms with Gasteiger partial charge in [0.25, 0.3) is 0 Å². The van der Waals surface area contributed by atoms with Gasteiger partial charge >= 0.3 is 0 Å². The van der Waals surface area contributed by atoms with Gasteiger partial charge in [-0.2, -0.15) is 0 Å². The molecule has 1 fully saturated rings. The summed E-state index contributed by atoms with van der Waals surface area (Å²) >= 11 is 6.14. The Morgan fingerprint density at radius 2 is 1.30 bits per heavy atom. The van der Waals surface area contributed by atoms with E-state index in [1.165, 1.54) is 22.3 Å². The van der Waals surface area contributed by atoms with E-state index in [4.69, 9.17) is 11.6 Å². The van der Waals surface area contributed by atoms with Gasteiger partial charge in [-0.15, -0.1) is 24.8 Å². The van der Waals surface area contributed by atoms with Gasteiger partial charge < -0.3 is 0 Å². The second kappa shape index (κ2) is 11.7. The lowest BCUT2D eigenvalue weighted by atomic mass is 9.96. The molecule has 3 aromatic carbocycles. The third-order valence-corrected chi connectivity index (χ3v) is 5.98. The zero-order valence-electron chi connectivity index (χ0n) is 17.2. The van der Waals surface area contributed by atoms with Crippen molar-refractivity contribution in [2.75, 3.05) is 26.2 Å². The number of hydrogen-bond acceptors (Lipinski definition) is 2. The van der Waals surface area contributed by atoms with E-state index in [9.17, 15) is 0 Å². The summed E-state index contributed by atoms with van der Waals surface area (Å²) < 4.78 is 0. The van der Waals surface area contributed by atoms with Crippen LogP contribution in [0.3, 0.4) is 0 Å². The van der Waals surface area contributed by atoms with E-state index in [1.54, 1.807) is 0 Å². The van der Waals surface area contributed by atoms with E-state index in [0.717, 1.165) is 37.7 Å². The lowest BCUT2D eigenvalue weighted by Crippen LogP contribution is -2.47. The Morgan fingerprint density at radius 3 is 1.93 bits per heavy atom. The van der Waals surface area contributed by atoms with Gasteiger partial charge in [-0.1, -0.05) is 78.3 Å². The predicted molar refractivity (Wildman–Crippen MR) is 132 cm³/mol. The Morgan fingerprint density at radius 1 is 0.733 bits per heavy atom. The van der Waals surface area contributed by atoms with Crippen LogP contribution in [0.2, 0.25) is 5.02 Å². The molecule has 0 amide bonds. The highest BCUT2D eigenvalue weighted by Gasteiger charge is 2.26. The molecule has 1 saturated heterocycles. The van der Waals surface area contributed by atoms with Crippen molar-refractivity contribution in [1.82, 2.24) is 9.80 Å². The minimum absolute atomic E-state index is 0.